The van der Waals surface area contributed by atoms with Gasteiger partial charge in [-0.2, -0.15) is 0 Å². The number of halogens is 1. The van der Waals surface area contributed by atoms with E-state index in [1.807, 2.05) is 5.38 Å². The van der Waals surface area contributed by atoms with E-state index in [9.17, 15) is 9.18 Å². The van der Waals surface area contributed by atoms with Gasteiger partial charge < -0.3 is 5.32 Å². The van der Waals surface area contributed by atoms with Gasteiger partial charge in [-0.15, -0.1) is 24.0 Å². The lowest BCUT2D eigenvalue weighted by atomic mass is 10.1. The molecule has 18 heavy (non-hydrogen) atoms. The minimum atomic E-state index is -0.248. The molecule has 0 unspecified atom stereocenters. The van der Waals surface area contributed by atoms with Gasteiger partial charge in [-0.05, 0) is 30.2 Å². The molecule has 2 aromatic rings. The highest BCUT2D eigenvalue weighted by Crippen LogP contribution is 2.17. The van der Waals surface area contributed by atoms with Crippen LogP contribution in [-0.2, 0) is 6.42 Å². The molecule has 0 saturated carbocycles. The van der Waals surface area contributed by atoms with E-state index in [4.69, 9.17) is 0 Å². The number of nitrogens with one attached hydrogen (secondary N) is 1. The molecular formula is C13H12FNOS2. The van der Waals surface area contributed by atoms with E-state index in [1.54, 1.807) is 18.2 Å². The quantitative estimate of drug-likeness (QED) is 0.828. The van der Waals surface area contributed by atoms with Crippen LogP contribution in [0.2, 0.25) is 0 Å². The number of thiol groups is 1. The number of hydrogen-bond acceptors (Lipinski definition) is 3. The van der Waals surface area contributed by atoms with E-state index in [0.29, 0.717) is 17.8 Å². The predicted octanol–water partition coefficient (Wildman–Crippen LogP) is 3.15. The monoisotopic (exact) mass is 281 g/mol. The minimum Gasteiger partial charge on any atom is -0.351 e. The first-order valence-electron chi connectivity index (χ1n) is 5.45. The van der Waals surface area contributed by atoms with Gasteiger partial charge >= 0.3 is 0 Å². The van der Waals surface area contributed by atoms with Crippen LogP contribution in [0.5, 0.6) is 0 Å². The van der Waals surface area contributed by atoms with Crippen molar-refractivity contribution < 1.29 is 9.18 Å². The smallest absolute Gasteiger partial charge is 0.261 e. The SMILES string of the molecule is O=C(NCCc1ccc(F)cc1)c1cc(S)cs1. The lowest BCUT2D eigenvalue weighted by Gasteiger charge is -2.03. The van der Waals surface area contributed by atoms with Crippen LogP contribution in [0, 0.1) is 5.82 Å². The normalized spacial score (nSPS) is 10.3. The van der Waals surface area contributed by atoms with Crippen LogP contribution in [0.25, 0.3) is 0 Å². The van der Waals surface area contributed by atoms with Crippen molar-refractivity contribution in [1.29, 1.82) is 0 Å². The maximum atomic E-state index is 12.7. The van der Waals surface area contributed by atoms with Crippen molar-refractivity contribution in [3.8, 4) is 0 Å². The number of benzene rings is 1. The average Bonchev–Trinajstić information content (AvgIpc) is 2.78. The summed E-state index contributed by atoms with van der Waals surface area (Å²) < 4.78 is 12.7. The molecule has 5 heteroatoms. The molecular weight excluding hydrogens is 269 g/mol. The summed E-state index contributed by atoms with van der Waals surface area (Å²) in [6, 6.07) is 8.02. The molecule has 0 aliphatic carbocycles. The molecule has 0 bridgehead atoms. The summed E-state index contributed by atoms with van der Waals surface area (Å²) in [7, 11) is 0. The molecule has 0 aliphatic rings. The standard InChI is InChI=1S/C13H12FNOS2/c14-10-3-1-9(2-4-10)5-6-15-13(16)12-7-11(17)8-18-12/h1-4,7-8,17H,5-6H2,(H,15,16). The van der Waals surface area contributed by atoms with E-state index < -0.39 is 0 Å². The van der Waals surface area contributed by atoms with Crippen LogP contribution in [0.1, 0.15) is 15.2 Å². The van der Waals surface area contributed by atoms with Gasteiger partial charge in [-0.25, -0.2) is 4.39 Å². The Morgan fingerprint density at radius 2 is 2.06 bits per heavy atom. The highest BCUT2D eigenvalue weighted by Gasteiger charge is 2.07. The lowest BCUT2D eigenvalue weighted by molar-refractivity contribution is 0.0958. The zero-order chi connectivity index (χ0) is 13.0. The van der Waals surface area contributed by atoms with Crippen molar-refractivity contribution in [3.63, 3.8) is 0 Å². The third-order valence-electron chi connectivity index (χ3n) is 2.42. The minimum absolute atomic E-state index is 0.0950. The Morgan fingerprint density at radius 3 is 2.67 bits per heavy atom. The first-order valence-corrected chi connectivity index (χ1v) is 6.78. The third-order valence-corrected chi connectivity index (χ3v) is 3.78. The molecule has 1 heterocycles. The molecule has 2 rings (SSSR count). The second kappa shape index (κ2) is 6.02. The molecule has 1 aromatic heterocycles. The Hall–Kier alpha value is -1.33. The zero-order valence-corrected chi connectivity index (χ0v) is 11.2. The van der Waals surface area contributed by atoms with Gasteiger partial charge in [-0.1, -0.05) is 12.1 Å². The second-order valence-corrected chi connectivity index (χ2v) is 5.23. The summed E-state index contributed by atoms with van der Waals surface area (Å²) in [5.41, 5.74) is 0.998. The van der Waals surface area contributed by atoms with Gasteiger partial charge in [0.25, 0.3) is 5.91 Å². The van der Waals surface area contributed by atoms with Gasteiger partial charge in [0.15, 0.2) is 0 Å². The fourth-order valence-corrected chi connectivity index (χ4v) is 2.57. The van der Waals surface area contributed by atoms with Gasteiger partial charge in [0.1, 0.15) is 5.82 Å². The van der Waals surface area contributed by atoms with E-state index in [1.165, 1.54) is 23.5 Å². The lowest BCUT2D eigenvalue weighted by Crippen LogP contribution is -2.24. The van der Waals surface area contributed by atoms with Crippen molar-refractivity contribution in [1.82, 2.24) is 5.32 Å². The number of hydrogen-bond donors (Lipinski definition) is 2. The third kappa shape index (κ3) is 3.58. The maximum absolute atomic E-state index is 12.7. The summed E-state index contributed by atoms with van der Waals surface area (Å²) in [5, 5.41) is 4.64. The summed E-state index contributed by atoms with van der Waals surface area (Å²) >= 11 is 5.52. The largest absolute Gasteiger partial charge is 0.351 e. The summed E-state index contributed by atoms with van der Waals surface area (Å²) in [4.78, 5) is 13.2. The van der Waals surface area contributed by atoms with Crippen molar-refractivity contribution in [2.75, 3.05) is 6.54 Å². The van der Waals surface area contributed by atoms with Crippen LogP contribution < -0.4 is 5.32 Å². The zero-order valence-electron chi connectivity index (χ0n) is 9.52. The number of carbonyl (C=O) groups excluding carboxylic acids is 1. The Bertz CT molecular complexity index is 536. The molecule has 0 atom stereocenters. The van der Waals surface area contributed by atoms with Crippen molar-refractivity contribution in [3.05, 3.63) is 52.0 Å². The first-order chi connectivity index (χ1) is 8.65. The van der Waals surface area contributed by atoms with Crippen LogP contribution in [-0.4, -0.2) is 12.5 Å². The number of carbonyl (C=O) groups is 1. The Balaban J connectivity index is 1.82. The number of rotatable bonds is 4. The van der Waals surface area contributed by atoms with E-state index >= 15 is 0 Å². The average molecular weight is 281 g/mol. The summed E-state index contributed by atoms with van der Waals surface area (Å²) in [6.45, 7) is 0.532. The number of amides is 1. The van der Waals surface area contributed by atoms with Gasteiger partial charge in [0, 0.05) is 16.8 Å². The first kappa shape index (κ1) is 13.1. The van der Waals surface area contributed by atoms with Crippen LogP contribution in [0.15, 0.2) is 40.6 Å². The van der Waals surface area contributed by atoms with Crippen LogP contribution in [0.3, 0.4) is 0 Å². The van der Waals surface area contributed by atoms with Gasteiger partial charge in [-0.3, -0.25) is 4.79 Å². The molecule has 2 nitrogen and oxygen atoms in total. The highest BCUT2D eigenvalue weighted by atomic mass is 32.1. The molecule has 0 radical (unpaired) electrons. The number of thiophene rings is 1. The van der Waals surface area contributed by atoms with Crippen LogP contribution >= 0.6 is 24.0 Å². The Labute approximate surface area is 114 Å². The fraction of sp³-hybridized carbons (Fsp3) is 0.154. The summed E-state index contributed by atoms with van der Waals surface area (Å²) in [5.74, 6) is -0.343. The van der Waals surface area contributed by atoms with E-state index in [-0.39, 0.29) is 11.7 Å². The topological polar surface area (TPSA) is 29.1 Å². The van der Waals surface area contributed by atoms with E-state index in [2.05, 4.69) is 17.9 Å². The van der Waals surface area contributed by atoms with Gasteiger partial charge in [0.2, 0.25) is 0 Å². The molecule has 1 aromatic carbocycles. The summed E-state index contributed by atoms with van der Waals surface area (Å²) in [6.07, 6.45) is 0.686. The van der Waals surface area contributed by atoms with Crippen molar-refractivity contribution in [2.24, 2.45) is 0 Å². The molecule has 1 amide bonds. The van der Waals surface area contributed by atoms with E-state index in [0.717, 1.165) is 10.5 Å². The van der Waals surface area contributed by atoms with Gasteiger partial charge in [0.05, 0.1) is 4.88 Å². The Kier molecular flexibility index (Phi) is 4.38. The van der Waals surface area contributed by atoms with Crippen molar-refractivity contribution >= 4 is 29.9 Å². The maximum Gasteiger partial charge on any atom is 0.261 e. The Morgan fingerprint density at radius 1 is 1.33 bits per heavy atom. The second-order valence-electron chi connectivity index (χ2n) is 3.80. The molecule has 0 saturated heterocycles. The van der Waals surface area contributed by atoms with Crippen molar-refractivity contribution in [2.45, 2.75) is 11.3 Å². The molecule has 0 fully saturated rings. The molecule has 1 N–H and O–H groups in total. The fourth-order valence-electron chi connectivity index (χ4n) is 1.50. The van der Waals surface area contributed by atoms with Crippen LogP contribution in [0.4, 0.5) is 4.39 Å². The predicted molar refractivity (Wildman–Crippen MR) is 74.0 cm³/mol. The molecule has 0 spiro atoms. The molecule has 94 valence electrons. The molecule has 0 aliphatic heterocycles. The highest BCUT2D eigenvalue weighted by molar-refractivity contribution is 7.80.